The highest BCUT2D eigenvalue weighted by Crippen LogP contribution is 2.22. The van der Waals surface area contributed by atoms with Crippen molar-refractivity contribution in [2.75, 3.05) is 0 Å². The van der Waals surface area contributed by atoms with E-state index in [0.717, 1.165) is 24.8 Å². The lowest BCUT2D eigenvalue weighted by atomic mass is 9.90. The number of aryl methyl sites for hydroxylation is 1. The van der Waals surface area contributed by atoms with Crippen LogP contribution < -0.4 is 0 Å². The van der Waals surface area contributed by atoms with Crippen molar-refractivity contribution >= 4 is 11.6 Å². The molecule has 0 unspecified atom stereocenters. The van der Waals surface area contributed by atoms with Gasteiger partial charge in [-0.05, 0) is 36.0 Å². The van der Waals surface area contributed by atoms with Crippen molar-refractivity contribution in [1.29, 1.82) is 0 Å². The Balaban J connectivity index is 1.94. The maximum absolute atomic E-state index is 13.0. The van der Waals surface area contributed by atoms with Gasteiger partial charge in [-0.25, -0.2) is 4.39 Å². The molecule has 2 aromatic rings. The molecule has 0 bridgehead atoms. The first-order valence-electron chi connectivity index (χ1n) is 7.09. The van der Waals surface area contributed by atoms with E-state index in [9.17, 15) is 4.39 Å². The van der Waals surface area contributed by atoms with Crippen molar-refractivity contribution < 1.29 is 8.91 Å². The average molecular weight is 311 g/mol. The lowest BCUT2D eigenvalue weighted by Crippen LogP contribution is -2.05. The van der Waals surface area contributed by atoms with E-state index in [1.54, 1.807) is 6.07 Å². The SMILES string of the molecule is CC(C)(C)CCCc1noc(Cc2ccc(F)cc2Cl)n1. The Labute approximate surface area is 129 Å². The lowest BCUT2D eigenvalue weighted by molar-refractivity contribution is 0.357. The van der Waals surface area contributed by atoms with Crippen LogP contribution in [0.2, 0.25) is 5.02 Å². The van der Waals surface area contributed by atoms with Crippen LogP contribution in [-0.2, 0) is 12.8 Å². The molecule has 0 radical (unpaired) electrons. The molecule has 0 spiro atoms. The molecule has 0 saturated heterocycles. The van der Waals surface area contributed by atoms with E-state index in [1.165, 1.54) is 12.1 Å². The van der Waals surface area contributed by atoms with Crippen LogP contribution in [0.25, 0.3) is 0 Å². The third-order valence-corrected chi connectivity index (χ3v) is 3.55. The minimum atomic E-state index is -0.350. The Hall–Kier alpha value is -1.42. The van der Waals surface area contributed by atoms with Gasteiger partial charge in [0, 0.05) is 11.4 Å². The van der Waals surface area contributed by atoms with Crippen LogP contribution in [0.5, 0.6) is 0 Å². The fraction of sp³-hybridized carbons (Fsp3) is 0.500. The van der Waals surface area contributed by atoms with Gasteiger partial charge in [-0.15, -0.1) is 0 Å². The Bertz CT molecular complexity index is 605. The van der Waals surface area contributed by atoms with Crippen LogP contribution in [-0.4, -0.2) is 10.1 Å². The summed E-state index contributed by atoms with van der Waals surface area (Å²) in [5.41, 5.74) is 1.09. The summed E-state index contributed by atoms with van der Waals surface area (Å²) in [6.45, 7) is 6.64. The van der Waals surface area contributed by atoms with Gasteiger partial charge >= 0.3 is 0 Å². The largest absolute Gasteiger partial charge is 0.339 e. The number of hydrogen-bond donors (Lipinski definition) is 0. The monoisotopic (exact) mass is 310 g/mol. The number of hydrogen-bond acceptors (Lipinski definition) is 3. The second-order valence-corrected chi connectivity index (χ2v) is 6.84. The second-order valence-electron chi connectivity index (χ2n) is 6.43. The van der Waals surface area contributed by atoms with Crippen molar-refractivity contribution in [2.24, 2.45) is 5.41 Å². The van der Waals surface area contributed by atoms with Crippen LogP contribution in [0.15, 0.2) is 22.7 Å². The van der Waals surface area contributed by atoms with Gasteiger partial charge in [0.05, 0.1) is 6.42 Å². The molecule has 0 amide bonds. The summed E-state index contributed by atoms with van der Waals surface area (Å²) < 4.78 is 18.2. The Morgan fingerprint density at radius 3 is 2.71 bits per heavy atom. The topological polar surface area (TPSA) is 38.9 Å². The molecular weight excluding hydrogens is 291 g/mol. The maximum atomic E-state index is 13.0. The number of aromatic nitrogens is 2. The van der Waals surface area contributed by atoms with E-state index in [2.05, 4.69) is 30.9 Å². The molecular formula is C16H20ClFN2O. The van der Waals surface area contributed by atoms with Crippen molar-refractivity contribution in [1.82, 2.24) is 10.1 Å². The van der Waals surface area contributed by atoms with Gasteiger partial charge in [0.2, 0.25) is 5.89 Å². The molecule has 21 heavy (non-hydrogen) atoms. The van der Waals surface area contributed by atoms with Crippen molar-refractivity contribution in [3.05, 3.63) is 46.3 Å². The molecule has 1 heterocycles. The average Bonchev–Trinajstić information content (AvgIpc) is 2.79. The summed E-state index contributed by atoms with van der Waals surface area (Å²) in [5, 5.41) is 4.35. The zero-order chi connectivity index (χ0) is 15.5. The molecule has 1 aromatic carbocycles. The minimum Gasteiger partial charge on any atom is -0.339 e. The van der Waals surface area contributed by atoms with E-state index in [-0.39, 0.29) is 5.82 Å². The molecule has 0 saturated carbocycles. The number of nitrogens with zero attached hydrogens (tertiary/aromatic N) is 2. The fourth-order valence-corrected chi connectivity index (χ4v) is 2.30. The van der Waals surface area contributed by atoms with Gasteiger partial charge in [0.1, 0.15) is 5.82 Å². The highest BCUT2D eigenvalue weighted by Gasteiger charge is 2.13. The number of halogens is 2. The summed E-state index contributed by atoms with van der Waals surface area (Å²) in [6, 6.07) is 4.31. The van der Waals surface area contributed by atoms with Gasteiger partial charge < -0.3 is 4.52 Å². The van der Waals surface area contributed by atoms with Crippen LogP contribution in [0.1, 0.15) is 50.9 Å². The second kappa shape index (κ2) is 6.56. The summed E-state index contributed by atoms with van der Waals surface area (Å²) >= 11 is 5.99. The van der Waals surface area contributed by atoms with E-state index in [0.29, 0.717) is 28.6 Å². The standard InChI is InChI=1S/C16H20ClFN2O/c1-16(2,3)8-4-5-14-19-15(21-20-14)9-11-6-7-12(18)10-13(11)17/h6-7,10H,4-5,8-9H2,1-3H3. The Morgan fingerprint density at radius 2 is 2.05 bits per heavy atom. The van der Waals surface area contributed by atoms with Gasteiger partial charge in [-0.3, -0.25) is 0 Å². The van der Waals surface area contributed by atoms with Crippen molar-refractivity contribution in [3.63, 3.8) is 0 Å². The summed E-state index contributed by atoms with van der Waals surface area (Å²) in [4.78, 5) is 4.36. The summed E-state index contributed by atoms with van der Waals surface area (Å²) in [6.07, 6.45) is 3.36. The molecule has 0 aliphatic heterocycles. The van der Waals surface area contributed by atoms with Crippen LogP contribution >= 0.6 is 11.6 Å². The van der Waals surface area contributed by atoms with Gasteiger partial charge in [0.25, 0.3) is 0 Å². The predicted octanol–water partition coefficient (Wildman–Crippen LogP) is 4.82. The van der Waals surface area contributed by atoms with Crippen molar-refractivity contribution in [2.45, 2.75) is 46.5 Å². The van der Waals surface area contributed by atoms with Crippen LogP contribution in [0.4, 0.5) is 4.39 Å². The first-order valence-corrected chi connectivity index (χ1v) is 7.47. The van der Waals surface area contributed by atoms with E-state index >= 15 is 0 Å². The van der Waals surface area contributed by atoms with E-state index in [4.69, 9.17) is 16.1 Å². The van der Waals surface area contributed by atoms with Crippen LogP contribution in [0, 0.1) is 11.2 Å². The van der Waals surface area contributed by atoms with Gasteiger partial charge in [-0.1, -0.05) is 43.6 Å². The fourth-order valence-electron chi connectivity index (χ4n) is 2.07. The molecule has 1 aromatic heterocycles. The molecule has 0 fully saturated rings. The van der Waals surface area contributed by atoms with Crippen LogP contribution in [0.3, 0.4) is 0 Å². The zero-order valence-corrected chi connectivity index (χ0v) is 13.4. The predicted molar refractivity (Wildman–Crippen MR) is 80.9 cm³/mol. The van der Waals surface area contributed by atoms with E-state index < -0.39 is 0 Å². The lowest BCUT2D eigenvalue weighted by Gasteiger charge is -2.16. The summed E-state index contributed by atoms with van der Waals surface area (Å²) in [5.74, 6) is 0.874. The molecule has 0 aliphatic carbocycles. The zero-order valence-electron chi connectivity index (χ0n) is 12.6. The summed E-state index contributed by atoms with van der Waals surface area (Å²) in [7, 11) is 0. The molecule has 2 rings (SSSR count). The minimum absolute atomic E-state index is 0.314. The van der Waals surface area contributed by atoms with Crippen molar-refractivity contribution in [3.8, 4) is 0 Å². The number of rotatable bonds is 5. The Morgan fingerprint density at radius 1 is 1.29 bits per heavy atom. The highest BCUT2D eigenvalue weighted by atomic mass is 35.5. The Kier molecular flexibility index (Phi) is 4.99. The third kappa shape index (κ3) is 5.12. The van der Waals surface area contributed by atoms with E-state index in [1.807, 2.05) is 0 Å². The molecule has 114 valence electrons. The molecule has 5 heteroatoms. The highest BCUT2D eigenvalue weighted by molar-refractivity contribution is 6.31. The molecule has 0 atom stereocenters. The third-order valence-electron chi connectivity index (χ3n) is 3.19. The van der Waals surface area contributed by atoms with Gasteiger partial charge in [-0.2, -0.15) is 4.98 Å². The molecule has 0 N–H and O–H groups in total. The molecule has 0 aliphatic rings. The quantitative estimate of drug-likeness (QED) is 0.794. The maximum Gasteiger partial charge on any atom is 0.231 e. The molecule has 3 nitrogen and oxygen atoms in total. The number of benzene rings is 1. The first kappa shape index (κ1) is 16.0. The smallest absolute Gasteiger partial charge is 0.231 e. The first-order chi connectivity index (χ1) is 9.83. The normalized spacial score (nSPS) is 11.9. The van der Waals surface area contributed by atoms with Gasteiger partial charge in [0.15, 0.2) is 5.82 Å².